The van der Waals surface area contributed by atoms with Gasteiger partial charge in [0.25, 0.3) is 5.91 Å². The van der Waals surface area contributed by atoms with Gasteiger partial charge < -0.3 is 20.0 Å². The van der Waals surface area contributed by atoms with E-state index in [1.807, 2.05) is 20.8 Å². The SMILES string of the molecule is CC.CC#CC(=O)N/C(C(=N)OC1CCC(C=O)CC1)=C(C)\C=C/C=Nc1cc(C)c(Br)cc1C1CC1.CO. The Kier molecular flexibility index (Phi) is 16.0. The molecule has 3 N–H and O–H groups in total. The summed E-state index contributed by atoms with van der Waals surface area (Å²) in [5, 5.41) is 18.2. The highest BCUT2D eigenvalue weighted by Crippen LogP contribution is 2.45. The summed E-state index contributed by atoms with van der Waals surface area (Å²) in [5.74, 6) is 5.05. The molecule has 0 saturated heterocycles. The number of aldehydes is 1. The Bertz CT molecular complexity index is 1130. The number of allylic oxidation sites excluding steroid dienone is 3. The monoisotopic (exact) mass is 599 g/mol. The number of nitrogens with zero attached hydrogens (tertiary/aromatic N) is 1. The number of aryl methyl sites for hydroxylation is 1. The lowest BCUT2D eigenvalue weighted by atomic mass is 9.88. The lowest BCUT2D eigenvalue weighted by Gasteiger charge is -2.27. The van der Waals surface area contributed by atoms with E-state index in [2.05, 4.69) is 50.2 Å². The maximum absolute atomic E-state index is 12.2. The fourth-order valence-corrected chi connectivity index (χ4v) is 4.43. The average Bonchev–Trinajstić information content (AvgIpc) is 3.79. The second kappa shape index (κ2) is 18.3. The van der Waals surface area contributed by atoms with Crippen LogP contribution in [0.2, 0.25) is 0 Å². The third kappa shape index (κ3) is 11.3. The number of hydrogen-bond donors (Lipinski definition) is 3. The predicted octanol–water partition coefficient (Wildman–Crippen LogP) is 6.69. The molecule has 1 aromatic carbocycles. The average molecular weight is 601 g/mol. The maximum Gasteiger partial charge on any atom is 0.300 e. The van der Waals surface area contributed by atoms with Crippen molar-refractivity contribution in [3.63, 3.8) is 0 Å². The van der Waals surface area contributed by atoms with Gasteiger partial charge in [-0.05, 0) is 106 Å². The highest BCUT2D eigenvalue weighted by Gasteiger charge is 2.27. The number of carbonyl (C=O) groups excluding carboxylic acids is 2. The minimum atomic E-state index is -0.499. The summed E-state index contributed by atoms with van der Waals surface area (Å²) in [5.41, 5.74) is 4.29. The second-order valence-electron chi connectivity index (χ2n) is 9.08. The number of aliphatic hydroxyl groups is 1. The number of benzene rings is 1. The van der Waals surface area contributed by atoms with Gasteiger partial charge in [-0.3, -0.25) is 15.2 Å². The standard InChI is InChI=1S/C28H32BrN3O3.C2H6.CH4O/c1-4-6-26(34)32-27(28(30)35-22-12-8-20(17-33)9-13-22)18(2)7-5-14-31-25-15-19(3)24(29)16-23(25)21-10-11-21;2*1-2/h5,7,14-17,20-22,30H,8-13H2,1-3H3,(H,32,34);1-2H3;2H,1H3/b7-5-,27-18-,30-28?,31-14?;;. The Morgan fingerprint density at radius 2 is 1.82 bits per heavy atom. The third-order valence-electron chi connectivity index (χ3n) is 6.27. The van der Waals surface area contributed by atoms with E-state index >= 15 is 0 Å². The predicted molar refractivity (Wildman–Crippen MR) is 163 cm³/mol. The van der Waals surface area contributed by atoms with Crippen LogP contribution in [0.15, 0.2) is 45.0 Å². The summed E-state index contributed by atoms with van der Waals surface area (Å²) in [6.07, 6.45) is 11.5. The van der Waals surface area contributed by atoms with E-state index in [1.165, 1.54) is 18.4 Å². The molecular formula is C31H42BrN3O4. The van der Waals surface area contributed by atoms with Crippen molar-refractivity contribution in [2.75, 3.05) is 7.11 Å². The number of aliphatic hydroxyl groups excluding tert-OH is 1. The van der Waals surface area contributed by atoms with E-state index in [-0.39, 0.29) is 23.6 Å². The van der Waals surface area contributed by atoms with E-state index in [0.717, 1.165) is 42.0 Å². The number of halogens is 1. The van der Waals surface area contributed by atoms with E-state index < -0.39 is 5.91 Å². The van der Waals surface area contributed by atoms with E-state index in [1.54, 1.807) is 32.2 Å². The summed E-state index contributed by atoms with van der Waals surface area (Å²) in [4.78, 5) is 27.8. The third-order valence-corrected chi connectivity index (χ3v) is 7.12. The normalized spacial score (nSPS) is 18.9. The fraction of sp³-hybridized carbons (Fsp3) is 0.484. The van der Waals surface area contributed by atoms with Crippen LogP contribution in [-0.2, 0) is 14.3 Å². The number of carbonyl (C=O) groups is 2. The zero-order valence-corrected chi connectivity index (χ0v) is 25.5. The van der Waals surface area contributed by atoms with Crippen molar-refractivity contribution in [1.29, 1.82) is 5.41 Å². The lowest BCUT2D eigenvalue weighted by Crippen LogP contribution is -2.32. The van der Waals surface area contributed by atoms with Crippen molar-refractivity contribution in [1.82, 2.24) is 5.32 Å². The summed E-state index contributed by atoms with van der Waals surface area (Å²) >= 11 is 3.62. The fourth-order valence-electron chi connectivity index (χ4n) is 4.07. The number of nitrogens with one attached hydrogen (secondary N) is 2. The molecule has 2 saturated carbocycles. The lowest BCUT2D eigenvalue weighted by molar-refractivity contribution is -0.115. The number of hydrogen-bond acceptors (Lipinski definition) is 6. The molecule has 0 aromatic heterocycles. The first-order valence-electron chi connectivity index (χ1n) is 13.4. The minimum absolute atomic E-state index is 0.0671. The zero-order valence-electron chi connectivity index (χ0n) is 23.9. The van der Waals surface area contributed by atoms with E-state index in [0.29, 0.717) is 24.3 Å². The Morgan fingerprint density at radius 3 is 2.38 bits per heavy atom. The quantitative estimate of drug-likeness (QED) is 0.101. The maximum atomic E-state index is 12.2. The van der Waals surface area contributed by atoms with Gasteiger partial charge in [0.2, 0.25) is 5.90 Å². The molecule has 3 rings (SSSR count). The topological polar surface area (TPSA) is 112 Å². The minimum Gasteiger partial charge on any atom is -0.473 e. The number of aliphatic imine (C=N–C) groups is 1. The number of rotatable bonds is 8. The van der Waals surface area contributed by atoms with Gasteiger partial charge in [-0.2, -0.15) is 0 Å². The van der Waals surface area contributed by atoms with Crippen molar-refractivity contribution in [2.45, 2.75) is 85.2 Å². The summed E-state index contributed by atoms with van der Waals surface area (Å²) in [6.45, 7) is 9.44. The van der Waals surface area contributed by atoms with Crippen LogP contribution < -0.4 is 5.32 Å². The van der Waals surface area contributed by atoms with Gasteiger partial charge in [0.15, 0.2) is 0 Å². The van der Waals surface area contributed by atoms with Gasteiger partial charge in [0.1, 0.15) is 18.1 Å². The molecule has 7 nitrogen and oxygen atoms in total. The smallest absolute Gasteiger partial charge is 0.300 e. The molecule has 2 aliphatic rings. The zero-order chi connectivity index (χ0) is 29.4. The van der Waals surface area contributed by atoms with Crippen molar-refractivity contribution in [3.05, 3.63) is 51.2 Å². The first-order valence-corrected chi connectivity index (χ1v) is 14.2. The van der Waals surface area contributed by atoms with Crippen LogP contribution in [0.3, 0.4) is 0 Å². The van der Waals surface area contributed by atoms with Crippen molar-refractivity contribution in [2.24, 2.45) is 10.9 Å². The van der Waals surface area contributed by atoms with Crippen molar-refractivity contribution in [3.8, 4) is 11.8 Å². The van der Waals surface area contributed by atoms with Crippen LogP contribution >= 0.6 is 15.9 Å². The second-order valence-corrected chi connectivity index (χ2v) is 9.93. The molecule has 1 aromatic rings. The van der Waals surface area contributed by atoms with Crippen molar-refractivity contribution >= 4 is 45.9 Å². The molecule has 2 fully saturated rings. The number of amides is 1. The molecule has 0 unspecified atom stereocenters. The first kappa shape index (κ1) is 34.0. The largest absolute Gasteiger partial charge is 0.473 e. The van der Waals surface area contributed by atoms with Crippen molar-refractivity contribution < 1.29 is 19.4 Å². The first-order chi connectivity index (χ1) is 18.8. The van der Waals surface area contributed by atoms with Crippen LogP contribution in [0.5, 0.6) is 0 Å². The Morgan fingerprint density at radius 1 is 1.18 bits per heavy atom. The molecule has 2 aliphatic carbocycles. The highest BCUT2D eigenvalue weighted by molar-refractivity contribution is 9.10. The Labute approximate surface area is 241 Å². The molecule has 8 heteroatoms. The van der Waals surface area contributed by atoms with Gasteiger partial charge in [-0.15, -0.1) is 0 Å². The van der Waals surface area contributed by atoms with E-state index in [4.69, 9.17) is 15.3 Å². The van der Waals surface area contributed by atoms with Gasteiger partial charge in [-0.1, -0.05) is 41.8 Å². The molecule has 0 atom stereocenters. The van der Waals surface area contributed by atoms with Gasteiger partial charge in [-0.25, -0.2) is 0 Å². The molecule has 0 heterocycles. The highest BCUT2D eigenvalue weighted by atomic mass is 79.9. The Balaban J connectivity index is 0.00000181. The summed E-state index contributed by atoms with van der Waals surface area (Å²) < 4.78 is 6.97. The van der Waals surface area contributed by atoms with Crippen LogP contribution in [0.25, 0.3) is 0 Å². The molecule has 0 aliphatic heterocycles. The summed E-state index contributed by atoms with van der Waals surface area (Å²) in [7, 11) is 1.00. The molecule has 0 bridgehead atoms. The molecule has 212 valence electrons. The Hall–Kier alpha value is -3.02. The van der Waals surface area contributed by atoms with E-state index in [9.17, 15) is 9.59 Å². The van der Waals surface area contributed by atoms with Gasteiger partial charge in [0, 0.05) is 23.7 Å². The molecule has 39 heavy (non-hydrogen) atoms. The van der Waals surface area contributed by atoms with Crippen LogP contribution in [0, 0.1) is 30.1 Å². The van der Waals surface area contributed by atoms with Crippen LogP contribution in [0.4, 0.5) is 5.69 Å². The molecular weight excluding hydrogens is 558 g/mol. The van der Waals surface area contributed by atoms with Crippen LogP contribution in [-0.4, -0.2) is 42.6 Å². The molecule has 1 amide bonds. The summed E-state index contributed by atoms with van der Waals surface area (Å²) in [6, 6.07) is 4.25. The van der Waals surface area contributed by atoms with Gasteiger partial charge in [0.05, 0.1) is 5.69 Å². The molecule has 0 spiro atoms. The van der Waals surface area contributed by atoms with Crippen LogP contribution in [0.1, 0.15) is 83.3 Å². The van der Waals surface area contributed by atoms with Gasteiger partial charge >= 0.3 is 0 Å². The number of ether oxygens (including phenoxy) is 1. The molecule has 0 radical (unpaired) electrons.